The Labute approximate surface area is 182 Å². The number of benzene rings is 3. The number of nitrogens with one attached hydrogen (secondary N) is 1. The summed E-state index contributed by atoms with van der Waals surface area (Å²) in [7, 11) is 1.66. The second-order valence-corrected chi connectivity index (χ2v) is 7.74. The van der Waals surface area contributed by atoms with Crippen LogP contribution in [0.3, 0.4) is 0 Å². The number of carbonyl (C=O) groups is 2. The molecule has 1 aliphatic heterocycles. The van der Waals surface area contributed by atoms with Gasteiger partial charge in [0.2, 0.25) is 5.91 Å². The van der Waals surface area contributed by atoms with Crippen molar-refractivity contribution in [2.24, 2.45) is 5.92 Å². The van der Waals surface area contributed by atoms with Crippen LogP contribution in [0.15, 0.2) is 78.9 Å². The molecule has 1 unspecified atom stereocenters. The number of amides is 2. The number of rotatable bonds is 5. The van der Waals surface area contributed by atoms with Gasteiger partial charge in [-0.25, -0.2) is 0 Å². The number of methoxy groups -OCH3 is 1. The van der Waals surface area contributed by atoms with Gasteiger partial charge in [0.05, 0.1) is 13.0 Å². The SMILES string of the molecule is COc1cccc(-c2cccc(CC3CN(C(=O)c4ccccc4)CCNC3=O)c2)c1. The molecule has 158 valence electrons. The molecule has 0 aromatic heterocycles. The molecule has 2 amide bonds. The van der Waals surface area contributed by atoms with Gasteiger partial charge in [0.25, 0.3) is 5.91 Å². The van der Waals surface area contributed by atoms with Crippen molar-refractivity contribution in [1.82, 2.24) is 10.2 Å². The average molecular weight is 415 g/mol. The Morgan fingerprint density at radius 2 is 1.74 bits per heavy atom. The van der Waals surface area contributed by atoms with E-state index in [9.17, 15) is 9.59 Å². The molecule has 5 heteroatoms. The fourth-order valence-corrected chi connectivity index (χ4v) is 3.97. The van der Waals surface area contributed by atoms with E-state index < -0.39 is 0 Å². The number of carbonyl (C=O) groups excluding carboxylic acids is 2. The molecule has 3 aromatic carbocycles. The van der Waals surface area contributed by atoms with Crippen LogP contribution in [0.5, 0.6) is 5.75 Å². The molecule has 1 atom stereocenters. The molecule has 0 bridgehead atoms. The van der Waals surface area contributed by atoms with Gasteiger partial charge in [0, 0.05) is 25.2 Å². The number of hydrogen-bond donors (Lipinski definition) is 1. The Morgan fingerprint density at radius 1 is 1.00 bits per heavy atom. The maximum absolute atomic E-state index is 12.9. The first-order valence-electron chi connectivity index (χ1n) is 10.5. The lowest BCUT2D eigenvalue weighted by Crippen LogP contribution is -2.37. The van der Waals surface area contributed by atoms with Crippen LogP contribution in [0.4, 0.5) is 0 Å². The van der Waals surface area contributed by atoms with E-state index in [1.165, 1.54) is 0 Å². The van der Waals surface area contributed by atoms with Gasteiger partial charge in [-0.15, -0.1) is 0 Å². The van der Waals surface area contributed by atoms with Crippen molar-refractivity contribution in [1.29, 1.82) is 0 Å². The standard InChI is InChI=1S/C26H26N2O3/c1-31-24-12-6-11-22(17-24)21-10-5-7-19(15-21)16-23-18-28(14-13-27-25(23)29)26(30)20-8-3-2-4-9-20/h2-12,15,17,23H,13-14,16,18H2,1H3,(H,27,29). The van der Waals surface area contributed by atoms with Crippen LogP contribution in [0.25, 0.3) is 11.1 Å². The summed E-state index contributed by atoms with van der Waals surface area (Å²) in [6, 6.07) is 25.4. The topological polar surface area (TPSA) is 58.6 Å². The predicted octanol–water partition coefficient (Wildman–Crippen LogP) is 3.79. The second-order valence-electron chi connectivity index (χ2n) is 7.74. The van der Waals surface area contributed by atoms with Gasteiger partial charge < -0.3 is 15.0 Å². The molecule has 31 heavy (non-hydrogen) atoms. The van der Waals surface area contributed by atoms with Crippen molar-refractivity contribution in [3.8, 4) is 16.9 Å². The van der Waals surface area contributed by atoms with Crippen LogP contribution in [-0.2, 0) is 11.2 Å². The van der Waals surface area contributed by atoms with Crippen LogP contribution < -0.4 is 10.1 Å². The maximum atomic E-state index is 12.9. The third kappa shape index (κ3) is 4.94. The van der Waals surface area contributed by atoms with E-state index in [1.807, 2.05) is 66.7 Å². The molecular weight excluding hydrogens is 388 g/mol. The van der Waals surface area contributed by atoms with E-state index >= 15 is 0 Å². The summed E-state index contributed by atoms with van der Waals surface area (Å²) < 4.78 is 5.34. The summed E-state index contributed by atoms with van der Waals surface area (Å²) in [6.45, 7) is 1.39. The van der Waals surface area contributed by atoms with Crippen LogP contribution >= 0.6 is 0 Å². The molecule has 0 spiro atoms. The molecule has 1 N–H and O–H groups in total. The molecule has 5 nitrogen and oxygen atoms in total. The molecule has 1 fully saturated rings. The zero-order valence-corrected chi connectivity index (χ0v) is 17.6. The summed E-state index contributed by atoms with van der Waals surface area (Å²) >= 11 is 0. The highest BCUT2D eigenvalue weighted by atomic mass is 16.5. The van der Waals surface area contributed by atoms with E-state index in [0.717, 1.165) is 22.4 Å². The lowest BCUT2D eigenvalue weighted by atomic mass is 9.95. The molecule has 1 aliphatic rings. The Kier molecular flexibility index (Phi) is 6.32. The van der Waals surface area contributed by atoms with Gasteiger partial charge in [-0.3, -0.25) is 9.59 Å². The van der Waals surface area contributed by atoms with Crippen LogP contribution in [-0.4, -0.2) is 43.5 Å². The Morgan fingerprint density at radius 3 is 2.52 bits per heavy atom. The zero-order valence-electron chi connectivity index (χ0n) is 17.6. The summed E-state index contributed by atoms with van der Waals surface area (Å²) in [6.07, 6.45) is 0.572. The minimum atomic E-state index is -0.296. The molecular formula is C26H26N2O3. The normalized spacial score (nSPS) is 16.4. The fraction of sp³-hybridized carbons (Fsp3) is 0.231. The summed E-state index contributed by atoms with van der Waals surface area (Å²) in [5, 5.41) is 2.96. The van der Waals surface area contributed by atoms with Gasteiger partial charge in [0.1, 0.15) is 5.75 Å². The monoisotopic (exact) mass is 414 g/mol. The fourth-order valence-electron chi connectivity index (χ4n) is 3.97. The van der Waals surface area contributed by atoms with E-state index in [-0.39, 0.29) is 17.7 Å². The molecule has 3 aromatic rings. The van der Waals surface area contributed by atoms with Crippen molar-refractivity contribution in [3.63, 3.8) is 0 Å². The third-order valence-electron chi connectivity index (χ3n) is 5.61. The molecule has 0 saturated carbocycles. The smallest absolute Gasteiger partial charge is 0.253 e. The first-order chi connectivity index (χ1) is 15.1. The lowest BCUT2D eigenvalue weighted by Gasteiger charge is -2.23. The highest BCUT2D eigenvalue weighted by Gasteiger charge is 2.28. The van der Waals surface area contributed by atoms with Crippen molar-refractivity contribution in [2.45, 2.75) is 6.42 Å². The zero-order chi connectivity index (χ0) is 21.6. The number of nitrogens with zero attached hydrogens (tertiary/aromatic N) is 1. The minimum absolute atomic E-state index is 0.00450. The highest BCUT2D eigenvalue weighted by molar-refractivity contribution is 5.94. The van der Waals surface area contributed by atoms with Gasteiger partial charge >= 0.3 is 0 Å². The second kappa shape index (κ2) is 9.47. The largest absolute Gasteiger partial charge is 0.497 e. The van der Waals surface area contributed by atoms with Crippen molar-refractivity contribution < 1.29 is 14.3 Å². The van der Waals surface area contributed by atoms with Crippen LogP contribution in [0.1, 0.15) is 15.9 Å². The summed E-state index contributed by atoms with van der Waals surface area (Å²) in [4.78, 5) is 27.4. The Bertz CT molecular complexity index is 1070. The van der Waals surface area contributed by atoms with E-state index in [2.05, 4.69) is 17.4 Å². The number of hydrogen-bond acceptors (Lipinski definition) is 3. The van der Waals surface area contributed by atoms with E-state index in [1.54, 1.807) is 12.0 Å². The summed E-state index contributed by atoms with van der Waals surface area (Å²) in [5.41, 5.74) is 3.85. The van der Waals surface area contributed by atoms with E-state index in [0.29, 0.717) is 31.6 Å². The van der Waals surface area contributed by atoms with Gasteiger partial charge in [-0.1, -0.05) is 54.6 Å². The van der Waals surface area contributed by atoms with Gasteiger partial charge in [0.15, 0.2) is 0 Å². The Balaban J connectivity index is 1.53. The quantitative estimate of drug-likeness (QED) is 0.691. The first kappa shape index (κ1) is 20.7. The average Bonchev–Trinajstić information content (AvgIpc) is 3.00. The number of ether oxygens (including phenoxy) is 1. The third-order valence-corrected chi connectivity index (χ3v) is 5.61. The molecule has 1 saturated heterocycles. The minimum Gasteiger partial charge on any atom is -0.497 e. The van der Waals surface area contributed by atoms with E-state index in [4.69, 9.17) is 4.74 Å². The molecule has 1 heterocycles. The molecule has 0 aliphatic carbocycles. The van der Waals surface area contributed by atoms with Gasteiger partial charge in [-0.2, -0.15) is 0 Å². The van der Waals surface area contributed by atoms with Crippen molar-refractivity contribution >= 4 is 11.8 Å². The van der Waals surface area contributed by atoms with Crippen molar-refractivity contribution in [2.75, 3.05) is 26.7 Å². The lowest BCUT2D eigenvalue weighted by molar-refractivity contribution is -0.124. The van der Waals surface area contributed by atoms with Crippen LogP contribution in [0.2, 0.25) is 0 Å². The maximum Gasteiger partial charge on any atom is 0.253 e. The first-order valence-corrected chi connectivity index (χ1v) is 10.5. The van der Waals surface area contributed by atoms with Gasteiger partial charge in [-0.05, 0) is 47.4 Å². The molecule has 4 rings (SSSR count). The summed E-state index contributed by atoms with van der Waals surface area (Å²) in [5.74, 6) is 0.471. The predicted molar refractivity (Wildman–Crippen MR) is 121 cm³/mol. The highest BCUT2D eigenvalue weighted by Crippen LogP contribution is 2.26. The van der Waals surface area contributed by atoms with Crippen molar-refractivity contribution in [3.05, 3.63) is 90.0 Å². The Hall–Kier alpha value is -3.60. The molecule has 0 radical (unpaired) electrons. The van der Waals surface area contributed by atoms with Crippen LogP contribution in [0, 0.1) is 5.92 Å².